The molecule has 0 fully saturated rings. The Morgan fingerprint density at radius 2 is 1.93 bits per heavy atom. The smallest absolute Gasteiger partial charge is 0.416 e. The molecule has 2 aromatic heterocycles. The minimum absolute atomic E-state index is 0. The molecular formula is C17H14ClF3N4OS. The lowest BCUT2D eigenvalue weighted by Crippen LogP contribution is -2.06. The molecule has 0 saturated carbocycles. The zero-order valence-electron chi connectivity index (χ0n) is 14.2. The highest BCUT2D eigenvalue weighted by molar-refractivity contribution is 7.22. The van der Waals surface area contributed by atoms with Crippen LogP contribution in [0.25, 0.3) is 21.3 Å². The molecule has 0 amide bonds. The molecule has 2 aromatic carbocycles. The Bertz CT molecular complexity index is 1120. The number of aromatic nitrogens is 3. The number of alkyl halides is 3. The van der Waals surface area contributed by atoms with Gasteiger partial charge in [0.2, 0.25) is 0 Å². The first-order valence-electron chi connectivity index (χ1n) is 7.59. The van der Waals surface area contributed by atoms with Crippen molar-refractivity contribution in [1.82, 2.24) is 14.5 Å². The van der Waals surface area contributed by atoms with Crippen LogP contribution in [0.15, 0.2) is 36.7 Å². The van der Waals surface area contributed by atoms with Gasteiger partial charge in [-0.2, -0.15) is 13.2 Å². The molecule has 0 saturated heterocycles. The quantitative estimate of drug-likeness (QED) is 0.489. The van der Waals surface area contributed by atoms with E-state index in [0.29, 0.717) is 16.4 Å². The van der Waals surface area contributed by atoms with Crippen LogP contribution in [0.4, 0.5) is 24.0 Å². The number of nitrogens with one attached hydrogen (secondary N) is 1. The molecule has 0 aliphatic rings. The van der Waals surface area contributed by atoms with Gasteiger partial charge in [0.05, 0.1) is 34.9 Å². The fourth-order valence-electron chi connectivity index (χ4n) is 2.74. The van der Waals surface area contributed by atoms with Crippen LogP contribution in [0.2, 0.25) is 0 Å². The summed E-state index contributed by atoms with van der Waals surface area (Å²) in [6.45, 7) is 0. The number of ether oxygens (including phenoxy) is 1. The summed E-state index contributed by atoms with van der Waals surface area (Å²) in [4.78, 5) is 8.86. The summed E-state index contributed by atoms with van der Waals surface area (Å²) in [6, 6.07) is 7.15. The molecule has 0 spiro atoms. The predicted octanol–water partition coefficient (Wildman–Crippen LogP) is 5.38. The van der Waals surface area contributed by atoms with Crippen LogP contribution < -0.4 is 10.1 Å². The number of aryl methyl sites for hydroxylation is 1. The largest absolute Gasteiger partial charge is 0.495 e. The van der Waals surface area contributed by atoms with Crippen LogP contribution in [0.1, 0.15) is 5.56 Å². The van der Waals surface area contributed by atoms with E-state index in [-0.39, 0.29) is 18.1 Å². The minimum atomic E-state index is -4.43. The Kier molecular flexibility index (Phi) is 4.92. The highest BCUT2D eigenvalue weighted by Crippen LogP contribution is 2.38. The number of hydrogen-bond acceptors (Lipinski definition) is 5. The van der Waals surface area contributed by atoms with E-state index in [2.05, 4.69) is 15.3 Å². The Balaban J connectivity index is 0.00000210. The Labute approximate surface area is 162 Å². The summed E-state index contributed by atoms with van der Waals surface area (Å²) in [5, 5.41) is 3.41. The van der Waals surface area contributed by atoms with Gasteiger partial charge >= 0.3 is 6.18 Å². The summed E-state index contributed by atoms with van der Waals surface area (Å²) in [7, 11) is 3.30. The van der Waals surface area contributed by atoms with E-state index >= 15 is 0 Å². The number of nitrogens with zero attached hydrogens (tertiary/aromatic N) is 3. The average molecular weight is 415 g/mol. The van der Waals surface area contributed by atoms with Gasteiger partial charge in [0.1, 0.15) is 16.8 Å². The van der Waals surface area contributed by atoms with Gasteiger partial charge in [-0.15, -0.1) is 12.4 Å². The lowest BCUT2D eigenvalue weighted by molar-refractivity contribution is -0.137. The summed E-state index contributed by atoms with van der Waals surface area (Å²) >= 11 is 1.34. The molecule has 4 rings (SSSR count). The van der Waals surface area contributed by atoms with E-state index < -0.39 is 11.7 Å². The molecule has 2 heterocycles. The van der Waals surface area contributed by atoms with Gasteiger partial charge in [0.15, 0.2) is 5.13 Å². The maximum Gasteiger partial charge on any atom is 0.416 e. The fraction of sp³-hybridized carbons (Fsp3) is 0.176. The number of thiazole rings is 1. The van der Waals surface area contributed by atoms with Crippen molar-refractivity contribution in [2.24, 2.45) is 7.05 Å². The molecule has 0 unspecified atom stereocenters. The van der Waals surface area contributed by atoms with Gasteiger partial charge in [-0.05, 0) is 30.3 Å². The van der Waals surface area contributed by atoms with E-state index in [1.807, 2.05) is 23.7 Å². The van der Waals surface area contributed by atoms with Crippen molar-refractivity contribution in [2.45, 2.75) is 6.18 Å². The van der Waals surface area contributed by atoms with Crippen LogP contribution in [0.5, 0.6) is 5.75 Å². The van der Waals surface area contributed by atoms with Crippen molar-refractivity contribution in [3.63, 3.8) is 0 Å². The Hall–Kier alpha value is -2.52. The first kappa shape index (κ1) is 19.2. The zero-order chi connectivity index (χ0) is 18.5. The van der Waals surface area contributed by atoms with Gasteiger partial charge in [0, 0.05) is 7.05 Å². The molecule has 0 bridgehead atoms. The Morgan fingerprint density at radius 3 is 2.63 bits per heavy atom. The topological polar surface area (TPSA) is 52.0 Å². The molecule has 1 N–H and O–H groups in total. The molecule has 5 nitrogen and oxygen atoms in total. The van der Waals surface area contributed by atoms with E-state index in [1.165, 1.54) is 24.5 Å². The maximum absolute atomic E-state index is 13.0. The summed E-state index contributed by atoms with van der Waals surface area (Å²) in [6.07, 6.45) is -2.73. The highest BCUT2D eigenvalue weighted by Gasteiger charge is 2.31. The maximum atomic E-state index is 13.0. The van der Waals surface area contributed by atoms with E-state index in [0.717, 1.165) is 27.9 Å². The normalized spacial score (nSPS) is 11.6. The van der Waals surface area contributed by atoms with Gasteiger partial charge in [-0.1, -0.05) is 11.3 Å². The molecule has 0 radical (unpaired) electrons. The number of halogens is 4. The van der Waals surface area contributed by atoms with Crippen molar-refractivity contribution in [3.8, 4) is 5.75 Å². The molecule has 4 aromatic rings. The van der Waals surface area contributed by atoms with Gasteiger partial charge in [-0.25, -0.2) is 9.97 Å². The number of fused-ring (bicyclic) bond motifs is 3. The number of methoxy groups -OCH3 is 1. The van der Waals surface area contributed by atoms with Crippen LogP contribution in [-0.2, 0) is 13.2 Å². The van der Waals surface area contributed by atoms with E-state index in [1.54, 1.807) is 6.33 Å². The summed E-state index contributed by atoms with van der Waals surface area (Å²) in [5.41, 5.74) is 1.85. The van der Waals surface area contributed by atoms with E-state index in [4.69, 9.17) is 4.74 Å². The SMILES string of the molecule is COc1ccc(C(F)(F)F)cc1Nc1nc2c(ccc3c2ncn3C)s1.Cl. The van der Waals surface area contributed by atoms with Crippen molar-refractivity contribution < 1.29 is 17.9 Å². The van der Waals surface area contributed by atoms with E-state index in [9.17, 15) is 13.2 Å². The lowest BCUT2D eigenvalue weighted by Gasteiger charge is -2.13. The van der Waals surface area contributed by atoms with Crippen molar-refractivity contribution >= 4 is 55.8 Å². The third-order valence-electron chi connectivity index (χ3n) is 4.02. The average Bonchev–Trinajstić information content (AvgIpc) is 3.17. The number of rotatable bonds is 3. The second-order valence-corrected chi connectivity index (χ2v) is 6.72. The summed E-state index contributed by atoms with van der Waals surface area (Å²) < 4.78 is 46.9. The molecule has 27 heavy (non-hydrogen) atoms. The standard InChI is InChI=1S/C17H13F3N4OS.ClH/c1-24-8-21-14-11(24)4-6-13-15(14)23-16(26-13)22-10-7-9(17(18,19)20)3-5-12(10)25-2;/h3-8H,1-2H3,(H,22,23);1H. The second-order valence-electron chi connectivity index (χ2n) is 5.69. The molecule has 0 aliphatic heterocycles. The predicted molar refractivity (Wildman–Crippen MR) is 102 cm³/mol. The van der Waals surface area contributed by atoms with Crippen LogP contribution in [0, 0.1) is 0 Å². The zero-order valence-corrected chi connectivity index (χ0v) is 15.8. The number of hydrogen-bond donors (Lipinski definition) is 1. The third-order valence-corrected chi connectivity index (χ3v) is 4.96. The molecule has 142 valence electrons. The Morgan fingerprint density at radius 1 is 1.15 bits per heavy atom. The van der Waals surface area contributed by atoms with Crippen molar-refractivity contribution in [1.29, 1.82) is 0 Å². The number of benzene rings is 2. The molecular weight excluding hydrogens is 401 g/mol. The second kappa shape index (κ2) is 6.90. The van der Waals surface area contributed by atoms with Gasteiger partial charge in [-0.3, -0.25) is 0 Å². The molecule has 0 atom stereocenters. The lowest BCUT2D eigenvalue weighted by atomic mass is 10.2. The monoisotopic (exact) mass is 414 g/mol. The number of imidazole rings is 1. The first-order chi connectivity index (χ1) is 12.4. The first-order valence-corrected chi connectivity index (χ1v) is 8.41. The fourth-order valence-corrected chi connectivity index (χ4v) is 3.62. The van der Waals surface area contributed by atoms with Crippen LogP contribution in [-0.4, -0.2) is 21.6 Å². The van der Waals surface area contributed by atoms with Crippen LogP contribution in [0.3, 0.4) is 0 Å². The third kappa shape index (κ3) is 3.40. The van der Waals surface area contributed by atoms with Gasteiger partial charge < -0.3 is 14.6 Å². The van der Waals surface area contributed by atoms with Gasteiger partial charge in [0.25, 0.3) is 0 Å². The minimum Gasteiger partial charge on any atom is -0.495 e. The van der Waals surface area contributed by atoms with Crippen molar-refractivity contribution in [3.05, 3.63) is 42.2 Å². The number of anilines is 2. The summed E-state index contributed by atoms with van der Waals surface area (Å²) in [5.74, 6) is 0.306. The molecule has 0 aliphatic carbocycles. The van der Waals surface area contributed by atoms with Crippen molar-refractivity contribution in [2.75, 3.05) is 12.4 Å². The van der Waals surface area contributed by atoms with Crippen LogP contribution >= 0.6 is 23.7 Å². The molecule has 10 heteroatoms. The highest BCUT2D eigenvalue weighted by atomic mass is 35.5.